The lowest BCUT2D eigenvalue weighted by Gasteiger charge is -2.26. The molecule has 2 amide bonds. The summed E-state index contributed by atoms with van der Waals surface area (Å²) >= 11 is 1.61. The maximum atomic E-state index is 12.2. The smallest absolute Gasteiger partial charge is 0.245 e. The summed E-state index contributed by atoms with van der Waals surface area (Å²) in [5.41, 5.74) is -0.0477. The van der Waals surface area contributed by atoms with Crippen molar-refractivity contribution < 1.29 is 9.59 Å². The van der Waals surface area contributed by atoms with Crippen LogP contribution in [0.25, 0.3) is 0 Å². The van der Waals surface area contributed by atoms with Crippen molar-refractivity contribution >= 4 is 23.2 Å². The molecule has 19 heavy (non-hydrogen) atoms. The first-order valence-electron chi connectivity index (χ1n) is 6.17. The average molecular weight is 283 g/mol. The highest BCUT2D eigenvalue weighted by atomic mass is 32.1. The van der Waals surface area contributed by atoms with E-state index in [1.54, 1.807) is 25.2 Å². The number of carbonyl (C=O) groups excluding carboxylic acids is 2. The summed E-state index contributed by atoms with van der Waals surface area (Å²) in [5.74, 6) is -0.450. The van der Waals surface area contributed by atoms with Crippen LogP contribution in [0, 0.1) is 13.8 Å². The van der Waals surface area contributed by atoms with Crippen LogP contribution >= 0.6 is 11.3 Å². The van der Waals surface area contributed by atoms with Gasteiger partial charge in [-0.2, -0.15) is 0 Å². The SMILES string of the molecule is CC(=O)NC(C)(C)C(=O)N[C@@H](C)c1nc(C)sc1C. The molecule has 0 unspecified atom stereocenters. The fourth-order valence-corrected chi connectivity index (χ4v) is 2.80. The van der Waals surface area contributed by atoms with Gasteiger partial charge in [0.25, 0.3) is 0 Å². The van der Waals surface area contributed by atoms with Gasteiger partial charge in [-0.05, 0) is 34.6 Å². The van der Waals surface area contributed by atoms with E-state index in [2.05, 4.69) is 15.6 Å². The highest BCUT2D eigenvalue weighted by Crippen LogP contribution is 2.22. The third kappa shape index (κ3) is 4.02. The Morgan fingerprint density at radius 1 is 1.32 bits per heavy atom. The number of thiazole rings is 1. The standard InChI is InChI=1S/C13H21N3O2S/c1-7(11-8(2)19-10(4)15-11)14-12(18)13(5,6)16-9(3)17/h7H,1-6H3,(H,14,18)(H,16,17)/t7-/m0/s1. The van der Waals surface area contributed by atoms with Crippen LogP contribution < -0.4 is 10.6 Å². The maximum absolute atomic E-state index is 12.2. The highest BCUT2D eigenvalue weighted by Gasteiger charge is 2.30. The van der Waals surface area contributed by atoms with Crippen LogP contribution in [0.3, 0.4) is 0 Å². The Morgan fingerprint density at radius 2 is 1.89 bits per heavy atom. The molecule has 0 aliphatic carbocycles. The van der Waals surface area contributed by atoms with Gasteiger partial charge >= 0.3 is 0 Å². The number of carbonyl (C=O) groups is 2. The molecule has 0 saturated heterocycles. The lowest BCUT2D eigenvalue weighted by Crippen LogP contribution is -2.54. The largest absolute Gasteiger partial charge is 0.346 e. The molecule has 0 radical (unpaired) electrons. The predicted octanol–water partition coefficient (Wildman–Crippen LogP) is 1.85. The van der Waals surface area contributed by atoms with Crippen LogP contribution in [0.1, 0.15) is 49.3 Å². The molecule has 0 fully saturated rings. The van der Waals surface area contributed by atoms with Crippen molar-refractivity contribution in [2.24, 2.45) is 0 Å². The number of hydrogen-bond donors (Lipinski definition) is 2. The van der Waals surface area contributed by atoms with Crippen LogP contribution in [-0.4, -0.2) is 22.3 Å². The van der Waals surface area contributed by atoms with Gasteiger partial charge in [0.15, 0.2) is 0 Å². The zero-order chi connectivity index (χ0) is 14.8. The van der Waals surface area contributed by atoms with Crippen molar-refractivity contribution in [3.63, 3.8) is 0 Å². The molecule has 0 bridgehead atoms. The lowest BCUT2D eigenvalue weighted by atomic mass is 10.0. The Morgan fingerprint density at radius 3 is 2.32 bits per heavy atom. The normalized spacial score (nSPS) is 12.9. The summed E-state index contributed by atoms with van der Waals surface area (Å²) in [6.07, 6.45) is 0. The van der Waals surface area contributed by atoms with E-state index >= 15 is 0 Å². The van der Waals surface area contributed by atoms with E-state index < -0.39 is 5.54 Å². The van der Waals surface area contributed by atoms with Gasteiger partial charge in [0.05, 0.1) is 16.7 Å². The summed E-state index contributed by atoms with van der Waals surface area (Å²) in [6, 6.07) is -0.175. The molecular formula is C13H21N3O2S. The quantitative estimate of drug-likeness (QED) is 0.886. The molecule has 106 valence electrons. The van der Waals surface area contributed by atoms with Crippen molar-refractivity contribution in [1.29, 1.82) is 0 Å². The molecule has 1 heterocycles. The van der Waals surface area contributed by atoms with E-state index in [0.29, 0.717) is 0 Å². The van der Waals surface area contributed by atoms with E-state index in [4.69, 9.17) is 0 Å². The third-order valence-corrected chi connectivity index (χ3v) is 3.66. The fraction of sp³-hybridized carbons (Fsp3) is 0.615. The van der Waals surface area contributed by atoms with E-state index in [-0.39, 0.29) is 17.9 Å². The summed E-state index contributed by atoms with van der Waals surface area (Å²) in [6.45, 7) is 10.6. The van der Waals surface area contributed by atoms with Gasteiger partial charge in [-0.25, -0.2) is 4.98 Å². The minimum atomic E-state index is -0.931. The average Bonchev–Trinajstić information content (AvgIpc) is 2.55. The zero-order valence-corrected chi connectivity index (χ0v) is 13.1. The van der Waals surface area contributed by atoms with Gasteiger partial charge in [0.2, 0.25) is 11.8 Å². The monoisotopic (exact) mass is 283 g/mol. The molecule has 0 aliphatic heterocycles. The Balaban J connectivity index is 2.76. The number of hydrogen-bond acceptors (Lipinski definition) is 4. The number of aryl methyl sites for hydroxylation is 2. The third-order valence-electron chi connectivity index (χ3n) is 2.75. The van der Waals surface area contributed by atoms with Crippen molar-refractivity contribution in [1.82, 2.24) is 15.6 Å². The number of nitrogens with one attached hydrogen (secondary N) is 2. The van der Waals surface area contributed by atoms with Gasteiger partial charge in [-0.3, -0.25) is 9.59 Å². The Kier molecular flexibility index (Phi) is 4.68. The van der Waals surface area contributed by atoms with Gasteiger partial charge in [-0.1, -0.05) is 0 Å². The van der Waals surface area contributed by atoms with Crippen LogP contribution in [0.5, 0.6) is 0 Å². The van der Waals surface area contributed by atoms with Crippen LogP contribution in [0.2, 0.25) is 0 Å². The van der Waals surface area contributed by atoms with Gasteiger partial charge in [0.1, 0.15) is 5.54 Å². The number of amides is 2. The molecule has 0 saturated carbocycles. The molecule has 0 aromatic carbocycles. The fourth-order valence-electron chi connectivity index (χ4n) is 1.89. The molecule has 0 aliphatic rings. The van der Waals surface area contributed by atoms with E-state index in [1.807, 2.05) is 20.8 Å². The minimum Gasteiger partial charge on any atom is -0.346 e. The van der Waals surface area contributed by atoms with Crippen LogP contribution in [0.4, 0.5) is 0 Å². The lowest BCUT2D eigenvalue weighted by molar-refractivity contribution is -0.132. The Hall–Kier alpha value is -1.43. The first-order valence-corrected chi connectivity index (χ1v) is 6.98. The second-order valence-electron chi connectivity index (χ2n) is 5.18. The summed E-state index contributed by atoms with van der Waals surface area (Å²) in [7, 11) is 0. The molecule has 0 spiro atoms. The summed E-state index contributed by atoms with van der Waals surface area (Å²) < 4.78 is 0. The number of aromatic nitrogens is 1. The molecule has 1 rings (SSSR count). The second-order valence-corrected chi connectivity index (χ2v) is 6.58. The Bertz CT molecular complexity index is 494. The van der Waals surface area contributed by atoms with Gasteiger partial charge < -0.3 is 10.6 Å². The van der Waals surface area contributed by atoms with E-state index in [9.17, 15) is 9.59 Å². The van der Waals surface area contributed by atoms with Crippen LogP contribution in [0.15, 0.2) is 0 Å². The van der Waals surface area contributed by atoms with Crippen molar-refractivity contribution in [3.05, 3.63) is 15.6 Å². The molecule has 1 aromatic heterocycles. The maximum Gasteiger partial charge on any atom is 0.245 e. The number of rotatable bonds is 4. The molecule has 1 aromatic rings. The molecule has 2 N–H and O–H groups in total. The van der Waals surface area contributed by atoms with Crippen molar-refractivity contribution in [2.75, 3.05) is 0 Å². The van der Waals surface area contributed by atoms with E-state index in [1.165, 1.54) is 6.92 Å². The summed E-state index contributed by atoms with van der Waals surface area (Å²) in [5, 5.41) is 6.49. The molecular weight excluding hydrogens is 262 g/mol. The molecule has 6 heteroatoms. The second kappa shape index (κ2) is 5.69. The zero-order valence-electron chi connectivity index (χ0n) is 12.2. The van der Waals surface area contributed by atoms with Crippen molar-refractivity contribution in [3.8, 4) is 0 Å². The first-order chi connectivity index (χ1) is 8.63. The molecule has 5 nitrogen and oxygen atoms in total. The predicted molar refractivity (Wildman–Crippen MR) is 76.0 cm³/mol. The van der Waals surface area contributed by atoms with Gasteiger partial charge in [0, 0.05) is 11.8 Å². The van der Waals surface area contributed by atoms with E-state index in [0.717, 1.165) is 15.6 Å². The van der Waals surface area contributed by atoms with Crippen molar-refractivity contribution in [2.45, 2.75) is 53.1 Å². The van der Waals surface area contributed by atoms with Crippen LogP contribution in [-0.2, 0) is 9.59 Å². The Labute approximate surface area is 117 Å². The first kappa shape index (κ1) is 15.6. The topological polar surface area (TPSA) is 71.1 Å². The number of nitrogens with zero attached hydrogens (tertiary/aromatic N) is 1. The molecule has 1 atom stereocenters. The minimum absolute atomic E-state index is 0.175. The van der Waals surface area contributed by atoms with Gasteiger partial charge in [-0.15, -0.1) is 11.3 Å². The highest BCUT2D eigenvalue weighted by molar-refractivity contribution is 7.11. The summed E-state index contributed by atoms with van der Waals surface area (Å²) in [4.78, 5) is 28.7.